The van der Waals surface area contributed by atoms with E-state index in [1.165, 1.54) is 19.2 Å². The second-order valence-corrected chi connectivity index (χ2v) is 7.15. The fourth-order valence-electron chi connectivity index (χ4n) is 1.72. The van der Waals surface area contributed by atoms with Gasteiger partial charge in [-0.25, -0.2) is 8.42 Å². The summed E-state index contributed by atoms with van der Waals surface area (Å²) < 4.78 is 26.2. The van der Waals surface area contributed by atoms with Crippen LogP contribution in [0, 0.1) is 0 Å². The van der Waals surface area contributed by atoms with Crippen molar-refractivity contribution in [1.82, 2.24) is 9.29 Å². The lowest BCUT2D eigenvalue weighted by atomic mass is 10.3. The first-order valence-corrected chi connectivity index (χ1v) is 8.13. The summed E-state index contributed by atoms with van der Waals surface area (Å²) in [5, 5.41) is 0.140. The molecule has 0 aliphatic rings. The van der Waals surface area contributed by atoms with Crippen molar-refractivity contribution in [2.45, 2.75) is 11.4 Å². The molecule has 5 nitrogen and oxygen atoms in total. The van der Waals surface area contributed by atoms with Gasteiger partial charge in [0.2, 0.25) is 10.0 Å². The summed E-state index contributed by atoms with van der Waals surface area (Å²) in [6.45, 7) is 0.127. The normalized spacial score (nSPS) is 11.8. The fraction of sp³-hybridized carbons (Fsp3) is 0.154. The maximum atomic E-state index is 12.5. The molecule has 0 saturated carbocycles. The van der Waals surface area contributed by atoms with Crippen LogP contribution in [0.2, 0.25) is 10.0 Å². The van der Waals surface area contributed by atoms with E-state index in [0.29, 0.717) is 5.69 Å². The Morgan fingerprint density at radius 2 is 1.95 bits per heavy atom. The zero-order valence-corrected chi connectivity index (χ0v) is 13.5. The molecule has 0 aliphatic heterocycles. The quantitative estimate of drug-likeness (QED) is 0.864. The predicted octanol–water partition coefficient (Wildman–Crippen LogP) is 2.79. The largest absolute Gasteiger partial charge is 0.396 e. The lowest BCUT2D eigenvalue weighted by Crippen LogP contribution is -2.27. The average molecular weight is 346 g/mol. The molecule has 0 bridgehead atoms. The highest BCUT2D eigenvalue weighted by Gasteiger charge is 2.25. The van der Waals surface area contributed by atoms with Gasteiger partial charge in [0.05, 0.1) is 28.0 Å². The van der Waals surface area contributed by atoms with Crippen LogP contribution in [-0.2, 0) is 16.6 Å². The van der Waals surface area contributed by atoms with Gasteiger partial charge in [-0.1, -0.05) is 29.3 Å². The van der Waals surface area contributed by atoms with Gasteiger partial charge in [-0.3, -0.25) is 4.98 Å². The minimum absolute atomic E-state index is 0.0469. The summed E-state index contributed by atoms with van der Waals surface area (Å²) in [7, 11) is -2.33. The van der Waals surface area contributed by atoms with Crippen LogP contribution in [0.25, 0.3) is 0 Å². The Morgan fingerprint density at radius 1 is 1.24 bits per heavy atom. The third-order valence-corrected chi connectivity index (χ3v) is 5.58. The highest BCUT2D eigenvalue weighted by atomic mass is 35.5. The number of nitrogens with zero attached hydrogens (tertiary/aromatic N) is 2. The van der Waals surface area contributed by atoms with Crippen molar-refractivity contribution in [3.05, 3.63) is 52.3 Å². The van der Waals surface area contributed by atoms with Crippen LogP contribution in [0.5, 0.6) is 0 Å². The number of nitrogens with two attached hydrogens (primary N) is 1. The molecule has 8 heteroatoms. The predicted molar refractivity (Wildman–Crippen MR) is 83.8 cm³/mol. The Morgan fingerprint density at radius 3 is 2.57 bits per heavy atom. The standard InChI is InChI=1S/C13H13Cl2N3O2S/c1-18(8-9-4-2-3-7-17-9)21(19,20)11-6-5-10(14)13(16)12(11)15/h2-7H,8,16H2,1H3. The maximum absolute atomic E-state index is 12.5. The summed E-state index contributed by atoms with van der Waals surface area (Å²) in [5.41, 5.74) is 6.35. The zero-order valence-electron chi connectivity index (χ0n) is 11.1. The molecule has 0 aliphatic carbocycles. The van der Waals surface area contributed by atoms with Gasteiger partial charge in [-0.15, -0.1) is 0 Å². The van der Waals surface area contributed by atoms with Crippen LogP contribution in [-0.4, -0.2) is 24.8 Å². The number of benzene rings is 1. The van der Waals surface area contributed by atoms with Crippen molar-refractivity contribution in [2.75, 3.05) is 12.8 Å². The number of sulfonamides is 1. The van der Waals surface area contributed by atoms with Crippen LogP contribution in [0.15, 0.2) is 41.4 Å². The van der Waals surface area contributed by atoms with Crippen molar-refractivity contribution in [3.8, 4) is 0 Å². The van der Waals surface area contributed by atoms with Crippen LogP contribution in [0.1, 0.15) is 5.69 Å². The van der Waals surface area contributed by atoms with Crippen molar-refractivity contribution in [2.24, 2.45) is 0 Å². The number of nitrogen functional groups attached to an aromatic ring is 1. The van der Waals surface area contributed by atoms with Crippen LogP contribution in [0.4, 0.5) is 5.69 Å². The molecule has 0 atom stereocenters. The molecule has 0 unspecified atom stereocenters. The highest BCUT2D eigenvalue weighted by molar-refractivity contribution is 7.89. The Kier molecular flexibility index (Phi) is 4.73. The SMILES string of the molecule is CN(Cc1ccccn1)S(=O)(=O)c1ccc(Cl)c(N)c1Cl. The Bertz CT molecular complexity index is 752. The number of rotatable bonds is 4. The molecular weight excluding hydrogens is 333 g/mol. The van der Waals surface area contributed by atoms with Gasteiger partial charge >= 0.3 is 0 Å². The summed E-state index contributed by atoms with van der Waals surface area (Å²) >= 11 is 11.8. The van der Waals surface area contributed by atoms with E-state index in [9.17, 15) is 8.42 Å². The van der Waals surface area contributed by atoms with Crippen LogP contribution in [0.3, 0.4) is 0 Å². The van der Waals surface area contributed by atoms with E-state index in [1.54, 1.807) is 24.4 Å². The first-order valence-electron chi connectivity index (χ1n) is 5.93. The van der Waals surface area contributed by atoms with E-state index in [4.69, 9.17) is 28.9 Å². The number of hydrogen-bond acceptors (Lipinski definition) is 4. The molecule has 0 radical (unpaired) electrons. The summed E-state index contributed by atoms with van der Waals surface area (Å²) in [4.78, 5) is 4.02. The number of hydrogen-bond donors (Lipinski definition) is 1. The van der Waals surface area contributed by atoms with Crippen molar-refractivity contribution < 1.29 is 8.42 Å². The van der Waals surface area contributed by atoms with E-state index in [0.717, 1.165) is 4.31 Å². The lowest BCUT2D eigenvalue weighted by Gasteiger charge is -2.18. The molecule has 112 valence electrons. The molecular formula is C13H13Cl2N3O2S. The average Bonchev–Trinajstić information content (AvgIpc) is 2.45. The molecule has 2 aromatic rings. The van der Waals surface area contributed by atoms with E-state index >= 15 is 0 Å². The molecule has 2 rings (SSSR count). The summed E-state index contributed by atoms with van der Waals surface area (Å²) in [6, 6.07) is 8.03. The van der Waals surface area contributed by atoms with E-state index in [2.05, 4.69) is 4.98 Å². The van der Waals surface area contributed by atoms with Gasteiger partial charge < -0.3 is 5.73 Å². The monoisotopic (exact) mass is 345 g/mol. The minimum atomic E-state index is -3.78. The van der Waals surface area contributed by atoms with Gasteiger partial charge in [0.15, 0.2) is 0 Å². The second-order valence-electron chi connectivity index (χ2n) is 4.36. The van der Waals surface area contributed by atoms with Crippen molar-refractivity contribution >= 4 is 38.9 Å². The van der Waals surface area contributed by atoms with Crippen molar-refractivity contribution in [1.29, 1.82) is 0 Å². The van der Waals surface area contributed by atoms with Crippen LogP contribution < -0.4 is 5.73 Å². The van der Waals surface area contributed by atoms with E-state index in [-0.39, 0.29) is 27.2 Å². The summed E-state index contributed by atoms with van der Waals surface area (Å²) in [5.74, 6) is 0. The van der Waals surface area contributed by atoms with Gasteiger partial charge in [0.25, 0.3) is 0 Å². The number of pyridine rings is 1. The Balaban J connectivity index is 2.36. The number of anilines is 1. The molecule has 1 aromatic heterocycles. The molecule has 21 heavy (non-hydrogen) atoms. The third kappa shape index (κ3) is 3.29. The molecule has 1 heterocycles. The second kappa shape index (κ2) is 6.19. The zero-order chi connectivity index (χ0) is 15.6. The summed E-state index contributed by atoms with van der Waals surface area (Å²) in [6.07, 6.45) is 1.60. The topological polar surface area (TPSA) is 76.3 Å². The first kappa shape index (κ1) is 16.0. The van der Waals surface area contributed by atoms with Gasteiger partial charge in [0.1, 0.15) is 4.90 Å². The van der Waals surface area contributed by atoms with Crippen LogP contribution >= 0.6 is 23.2 Å². The van der Waals surface area contributed by atoms with Gasteiger partial charge in [-0.2, -0.15) is 4.31 Å². The molecule has 0 amide bonds. The molecule has 2 N–H and O–H groups in total. The Labute approximate surface area is 133 Å². The first-order chi connectivity index (χ1) is 9.84. The maximum Gasteiger partial charge on any atom is 0.244 e. The molecule has 0 saturated heterocycles. The van der Waals surface area contributed by atoms with E-state index < -0.39 is 10.0 Å². The van der Waals surface area contributed by atoms with Crippen molar-refractivity contribution in [3.63, 3.8) is 0 Å². The molecule has 0 spiro atoms. The lowest BCUT2D eigenvalue weighted by molar-refractivity contribution is 0.462. The Hall–Kier alpha value is -1.34. The molecule has 1 aromatic carbocycles. The smallest absolute Gasteiger partial charge is 0.244 e. The fourth-order valence-corrected chi connectivity index (χ4v) is 3.60. The minimum Gasteiger partial charge on any atom is -0.396 e. The van der Waals surface area contributed by atoms with Gasteiger partial charge in [-0.05, 0) is 24.3 Å². The third-order valence-electron chi connectivity index (χ3n) is 2.89. The highest BCUT2D eigenvalue weighted by Crippen LogP contribution is 2.34. The van der Waals surface area contributed by atoms with Gasteiger partial charge in [0, 0.05) is 13.2 Å². The van der Waals surface area contributed by atoms with E-state index in [1.807, 2.05) is 0 Å². The number of halogens is 2. The number of aromatic nitrogens is 1. The molecule has 0 fully saturated rings.